The third-order valence-corrected chi connectivity index (χ3v) is 17.4. The number of ether oxygens (including phenoxy) is 1. The Morgan fingerprint density at radius 2 is 1.17 bits per heavy atom. The number of hydrogen-bond donors (Lipinski definition) is 0. The van der Waals surface area contributed by atoms with Crippen molar-refractivity contribution in [1.29, 1.82) is 0 Å². The average molecular weight is 877 g/mol. The second-order valence-corrected chi connectivity index (χ2v) is 20.0. The summed E-state index contributed by atoms with van der Waals surface area (Å²) in [4.78, 5) is 0. The fraction of sp³-hybridized carbons (Fsp3) is 0.0164. The number of hydrogen-bond acceptors (Lipinski definition) is 2. The van der Waals surface area contributed by atoms with Crippen LogP contribution in [0, 0.1) is 6.92 Å². The van der Waals surface area contributed by atoms with Gasteiger partial charge in [0.1, 0.15) is 17.2 Å². The summed E-state index contributed by atoms with van der Waals surface area (Å²) in [6, 6.07) is 34.1. The minimum Gasteiger partial charge on any atom is -0.551 e. The van der Waals surface area contributed by atoms with E-state index < -0.39 is 93.5 Å². The van der Waals surface area contributed by atoms with Crippen molar-refractivity contribution in [2.75, 3.05) is 0 Å². The highest BCUT2D eigenvalue weighted by Gasteiger charge is 2.43. The van der Waals surface area contributed by atoms with Gasteiger partial charge in [-0.2, -0.15) is 0 Å². The minimum atomic E-state index is -3.23. The summed E-state index contributed by atoms with van der Waals surface area (Å²) in [6.45, 7) is 0.0121. The van der Waals surface area contributed by atoms with Crippen molar-refractivity contribution in [1.82, 2.24) is 4.57 Å². The highest BCUT2D eigenvalue weighted by atomic mass is 28.3. The number of para-hydroxylation sites is 3. The van der Waals surface area contributed by atoms with E-state index in [-0.39, 0.29) is 113 Å². The molecule has 0 unspecified atom stereocenters. The first kappa shape index (κ1) is 24.8. The number of nitrogens with zero attached hydrogens (tertiary/aromatic N) is 1. The van der Waals surface area contributed by atoms with E-state index in [1.807, 2.05) is 72.8 Å². The standard InChI is InChI=1S/C61H42BNO2Si/c1-41-18-15-30-52-51-29-11-13-32-56(51)63(61(41)52)46-21-16-19-42(36-46)44-34-35-57-53(38-44)54-39-45(40-59-60(54)62(65-57)55-31-12-14-33-58(55)64-59)43-20-17-28-50(37-43)66(47-22-5-2-6-23-47,48-24-7-3-8-25-48)49-26-9-4-10-27-49/h2-40H,1H3/i11D,12D,13D,14D,15D,18D,21D,29D,30D,31D,32D,33D,34D,35D,36D,39D,40D. The Morgan fingerprint density at radius 1 is 0.485 bits per heavy atom. The van der Waals surface area contributed by atoms with Gasteiger partial charge in [0.05, 0.1) is 34.3 Å². The molecule has 1 aromatic heterocycles. The van der Waals surface area contributed by atoms with Crippen molar-refractivity contribution >= 4 is 68.5 Å². The maximum Gasteiger partial charge on any atom is 0.434 e. The summed E-state index contributed by atoms with van der Waals surface area (Å²) in [5.74, 6) is -0.725. The lowest BCUT2D eigenvalue weighted by atomic mass is 9.50. The lowest BCUT2D eigenvalue weighted by molar-refractivity contribution is 0.479. The van der Waals surface area contributed by atoms with Crippen LogP contribution < -0.4 is 41.1 Å². The summed E-state index contributed by atoms with van der Waals surface area (Å²) in [5.41, 5.74) is 0.0301. The first-order valence-corrected chi connectivity index (χ1v) is 23.4. The van der Waals surface area contributed by atoms with E-state index in [0.29, 0.717) is 5.56 Å². The largest absolute Gasteiger partial charge is 0.551 e. The molecule has 0 amide bonds. The summed E-state index contributed by atoms with van der Waals surface area (Å²) >= 11 is 0. The van der Waals surface area contributed by atoms with E-state index in [9.17, 15) is 9.60 Å². The van der Waals surface area contributed by atoms with E-state index in [1.54, 1.807) is 6.07 Å². The van der Waals surface area contributed by atoms with Gasteiger partial charge in [0, 0.05) is 32.9 Å². The molecule has 0 bridgehead atoms. The van der Waals surface area contributed by atoms with Gasteiger partial charge in [0.25, 0.3) is 0 Å². The number of rotatable bonds is 7. The van der Waals surface area contributed by atoms with Gasteiger partial charge in [0.15, 0.2) is 8.07 Å². The molecular weight excluding hydrogens is 818 g/mol. The van der Waals surface area contributed by atoms with Gasteiger partial charge < -0.3 is 14.0 Å². The predicted molar refractivity (Wildman–Crippen MR) is 278 cm³/mol. The molecule has 2 aliphatic rings. The number of fused-ring (bicyclic) bond motifs is 7. The van der Waals surface area contributed by atoms with Gasteiger partial charge in [0.2, 0.25) is 0 Å². The first-order chi connectivity index (χ1) is 39.7. The topological polar surface area (TPSA) is 23.4 Å². The van der Waals surface area contributed by atoms with E-state index in [4.69, 9.17) is 23.1 Å². The molecule has 3 nitrogen and oxygen atoms in total. The van der Waals surface area contributed by atoms with Crippen molar-refractivity contribution in [3.63, 3.8) is 0 Å². The van der Waals surface area contributed by atoms with Crippen LogP contribution in [0.15, 0.2) is 236 Å². The molecule has 0 fully saturated rings. The molecule has 0 saturated carbocycles. The van der Waals surface area contributed by atoms with Gasteiger partial charge in [-0.3, -0.25) is 0 Å². The first-order valence-electron chi connectivity index (χ1n) is 29.9. The van der Waals surface area contributed by atoms with Crippen LogP contribution in [0.4, 0.5) is 0 Å². The van der Waals surface area contributed by atoms with Crippen LogP contribution in [0.3, 0.4) is 0 Å². The quantitative estimate of drug-likeness (QED) is 0.118. The Hall–Kier alpha value is -8.12. The van der Waals surface area contributed by atoms with Crippen molar-refractivity contribution < 1.29 is 32.7 Å². The van der Waals surface area contributed by atoms with E-state index in [1.165, 1.54) is 29.7 Å². The van der Waals surface area contributed by atoms with Crippen LogP contribution in [0.1, 0.15) is 28.9 Å². The predicted octanol–water partition coefficient (Wildman–Crippen LogP) is 11.1. The van der Waals surface area contributed by atoms with Gasteiger partial charge >= 0.3 is 6.92 Å². The van der Waals surface area contributed by atoms with E-state index >= 15 is 0 Å². The monoisotopic (exact) mass is 876 g/mol. The van der Waals surface area contributed by atoms with Crippen molar-refractivity contribution in [2.45, 2.75) is 6.92 Å². The second kappa shape index (κ2) is 15.3. The highest BCUT2D eigenvalue weighted by Crippen LogP contribution is 2.44. The van der Waals surface area contributed by atoms with Crippen molar-refractivity contribution in [3.05, 3.63) is 242 Å². The molecule has 10 aromatic carbocycles. The molecule has 13 rings (SSSR count). The third kappa shape index (κ3) is 5.90. The highest BCUT2D eigenvalue weighted by molar-refractivity contribution is 7.19. The molecule has 0 atom stereocenters. The zero-order chi connectivity index (χ0) is 58.6. The number of aryl methyl sites for hydroxylation is 1. The molecular formula is C61H42BNO2Si. The molecule has 0 spiro atoms. The minimum absolute atomic E-state index is 0.00124. The lowest BCUT2D eigenvalue weighted by Gasteiger charge is -2.35. The van der Waals surface area contributed by atoms with Crippen LogP contribution in [0.2, 0.25) is 0 Å². The van der Waals surface area contributed by atoms with Crippen LogP contribution in [0.5, 0.6) is 17.2 Å². The molecule has 66 heavy (non-hydrogen) atoms. The molecule has 2 aliphatic heterocycles. The van der Waals surface area contributed by atoms with Gasteiger partial charge in [-0.25, -0.2) is 0 Å². The Morgan fingerprint density at radius 3 is 1.94 bits per heavy atom. The summed E-state index contributed by atoms with van der Waals surface area (Å²) in [6.07, 6.45) is 0. The van der Waals surface area contributed by atoms with Crippen LogP contribution in [-0.2, 0) is 0 Å². The van der Waals surface area contributed by atoms with Gasteiger partial charge in [-0.05, 0) is 109 Å². The Balaban J connectivity index is 1.10. The zero-order valence-electron chi connectivity index (χ0n) is 52.0. The van der Waals surface area contributed by atoms with E-state index in [2.05, 4.69) is 36.4 Å². The molecule has 11 aromatic rings. The molecule has 0 saturated heterocycles. The summed E-state index contributed by atoms with van der Waals surface area (Å²) in [5, 5.41) is 3.86. The van der Waals surface area contributed by atoms with Gasteiger partial charge in [-0.15, -0.1) is 0 Å². The number of aromatic nitrogens is 1. The maximum atomic E-state index is 10.4. The Kier molecular flexibility index (Phi) is 5.74. The summed E-state index contributed by atoms with van der Waals surface area (Å²) in [7, 11) is -3.23. The molecule has 3 heterocycles. The molecule has 0 aliphatic carbocycles. The SMILES string of the molecule is [2H]c1ccc(-c2cc3c(c([2H])c2[2H])OB2c4c([2H])c([2H])c([2H])c([2H])c4Oc4c([2H])c(-c5cccc([Si](c6ccccc6)(c6ccccc6)c6ccccc6)c5)c([2H])c-3c42)c([2H])c1-n1c2c([2H])c([2H])c([2H])c([2H])c2c2c([2H])c([2H])c([2H])c(C)c21. The van der Waals surface area contributed by atoms with Crippen molar-refractivity contribution in [2.24, 2.45) is 0 Å². The smallest absolute Gasteiger partial charge is 0.434 e. The van der Waals surface area contributed by atoms with Crippen LogP contribution in [-0.4, -0.2) is 19.6 Å². The third-order valence-electron chi connectivity index (χ3n) is 12.6. The molecule has 5 heteroatoms. The molecule has 0 radical (unpaired) electrons. The second-order valence-electron chi connectivity index (χ2n) is 16.2. The Bertz CT molecular complexity index is 4510. The van der Waals surface area contributed by atoms with Crippen molar-refractivity contribution in [3.8, 4) is 56.3 Å². The number of benzene rings is 10. The molecule has 0 N–H and O–H groups in total. The fourth-order valence-electron chi connectivity index (χ4n) is 9.73. The summed E-state index contributed by atoms with van der Waals surface area (Å²) < 4.78 is 171. The van der Waals surface area contributed by atoms with Crippen LogP contribution in [0.25, 0.3) is 60.9 Å². The maximum absolute atomic E-state index is 10.4. The fourth-order valence-corrected chi connectivity index (χ4v) is 14.5. The zero-order valence-corrected chi connectivity index (χ0v) is 36.0. The van der Waals surface area contributed by atoms with E-state index in [0.717, 1.165) is 20.7 Å². The lowest BCUT2D eigenvalue weighted by Crippen LogP contribution is -2.74. The van der Waals surface area contributed by atoms with Gasteiger partial charge in [-0.1, -0.05) is 188 Å². The average Bonchev–Trinajstić information content (AvgIpc) is 1.90. The Labute approximate surface area is 409 Å². The molecule has 310 valence electrons. The normalized spacial score (nSPS) is 16.1. The van der Waals surface area contributed by atoms with Crippen LogP contribution >= 0.6 is 0 Å².